The van der Waals surface area contributed by atoms with Gasteiger partial charge in [0.15, 0.2) is 0 Å². The Morgan fingerprint density at radius 1 is 0.333 bits per heavy atom. The maximum Gasteiger partial charge on any atom is 0.136 e. The molecular formula is C50H32O. The summed E-state index contributed by atoms with van der Waals surface area (Å²) in [4.78, 5) is 0. The van der Waals surface area contributed by atoms with Gasteiger partial charge in [0.1, 0.15) is 11.2 Å². The van der Waals surface area contributed by atoms with Gasteiger partial charge in [-0.05, 0) is 95.4 Å². The maximum atomic E-state index is 9.51. The van der Waals surface area contributed by atoms with Crippen molar-refractivity contribution in [3.8, 4) is 55.6 Å². The standard InChI is InChI=1S/C50H32O/c1-3-14-33(15-4-1)35-26-28-36(29-27-35)38-18-7-8-19-39(38)48-40-20-9-11-22-42(40)49(43-23-12-10-21-41(43)48)45-24-13-25-46-50(45)44-31-30-37(32-47(44)51-46)34-16-5-2-6-17-34/h1-32H/i1D,2D,3D,4D,5D,6D,7D,8D,14D,15D,16D,17D,18D,19D,26D,27D,28D,29D. The van der Waals surface area contributed by atoms with E-state index in [1.165, 1.54) is 0 Å². The summed E-state index contributed by atoms with van der Waals surface area (Å²) >= 11 is 0. The van der Waals surface area contributed by atoms with Crippen molar-refractivity contribution in [2.75, 3.05) is 0 Å². The molecule has 0 bridgehead atoms. The number of fused-ring (bicyclic) bond motifs is 5. The summed E-state index contributed by atoms with van der Waals surface area (Å²) in [5, 5.41) is 3.59. The third-order valence-corrected chi connectivity index (χ3v) is 9.05. The predicted molar refractivity (Wildman–Crippen MR) is 216 cm³/mol. The molecule has 1 aromatic heterocycles. The van der Waals surface area contributed by atoms with Gasteiger partial charge in [0.25, 0.3) is 0 Å². The summed E-state index contributed by atoms with van der Waals surface area (Å²) in [5.74, 6) is 0. The number of benzene rings is 9. The van der Waals surface area contributed by atoms with E-state index < -0.39 is 113 Å². The van der Waals surface area contributed by atoms with E-state index in [9.17, 15) is 8.22 Å². The zero-order chi connectivity index (χ0) is 49.4. The predicted octanol–water partition coefficient (Wildman–Crippen LogP) is 14.2. The highest BCUT2D eigenvalue weighted by Gasteiger charge is 2.21. The van der Waals surface area contributed by atoms with Gasteiger partial charge in [-0.15, -0.1) is 0 Å². The fraction of sp³-hybridized carbons (Fsp3) is 0. The van der Waals surface area contributed by atoms with Crippen molar-refractivity contribution in [3.63, 3.8) is 0 Å². The molecule has 0 N–H and O–H groups in total. The molecule has 0 radical (unpaired) electrons. The van der Waals surface area contributed by atoms with Gasteiger partial charge in [-0.1, -0.05) is 175 Å². The minimum absolute atomic E-state index is 0.0207. The minimum atomic E-state index is -0.783. The van der Waals surface area contributed by atoms with E-state index in [0.717, 1.165) is 0 Å². The van der Waals surface area contributed by atoms with Crippen LogP contribution in [0.4, 0.5) is 0 Å². The van der Waals surface area contributed by atoms with Gasteiger partial charge >= 0.3 is 0 Å². The Morgan fingerprint density at radius 3 is 1.47 bits per heavy atom. The molecule has 0 amide bonds. The largest absolute Gasteiger partial charge is 0.456 e. The van der Waals surface area contributed by atoms with E-state index in [0.29, 0.717) is 65.7 Å². The van der Waals surface area contributed by atoms with Crippen LogP contribution >= 0.6 is 0 Å². The lowest BCUT2D eigenvalue weighted by atomic mass is 9.83. The van der Waals surface area contributed by atoms with Crippen molar-refractivity contribution in [2.45, 2.75) is 0 Å². The first-order chi connectivity index (χ1) is 32.8. The second-order valence-corrected chi connectivity index (χ2v) is 11.8. The SMILES string of the molecule is [2H]c1c([2H])c([2H])c(-c2ccc3c(c2)oc2cccc(-c4c5ccccc5c(-c5c([2H])c([2H])c([2H])c([2H])c5-c5c([2H])c([2H])c(-c6c([2H])c([2H])c([2H])c([2H])c6[2H])c([2H])c5[2H])c5ccccc45)c23)c([2H])c1[2H]. The Balaban J connectivity index is 1.27. The van der Waals surface area contributed by atoms with E-state index in [1.54, 1.807) is 48.5 Å². The normalized spacial score (nSPS) is 16.5. The molecule has 0 fully saturated rings. The van der Waals surface area contributed by atoms with Gasteiger partial charge in [-0.2, -0.15) is 0 Å². The Bertz CT molecular complexity index is 3810. The van der Waals surface area contributed by atoms with Crippen LogP contribution in [0.2, 0.25) is 0 Å². The molecule has 51 heavy (non-hydrogen) atoms. The lowest BCUT2D eigenvalue weighted by Crippen LogP contribution is -1.93. The van der Waals surface area contributed by atoms with Crippen LogP contribution in [0.25, 0.3) is 99.1 Å². The van der Waals surface area contributed by atoms with Crippen molar-refractivity contribution >= 4 is 43.5 Å². The molecule has 0 unspecified atom stereocenters. The molecule has 0 atom stereocenters. The summed E-state index contributed by atoms with van der Waals surface area (Å²) in [6.45, 7) is 0. The third-order valence-electron chi connectivity index (χ3n) is 9.05. The fourth-order valence-corrected chi connectivity index (χ4v) is 6.90. The van der Waals surface area contributed by atoms with E-state index in [4.69, 9.17) is 20.9 Å². The van der Waals surface area contributed by atoms with Crippen molar-refractivity contribution in [2.24, 2.45) is 0 Å². The van der Waals surface area contributed by atoms with Gasteiger partial charge in [0, 0.05) is 10.8 Å². The van der Waals surface area contributed by atoms with Crippen LogP contribution in [-0.4, -0.2) is 0 Å². The van der Waals surface area contributed by atoms with Crippen molar-refractivity contribution < 1.29 is 29.1 Å². The molecule has 0 aliphatic rings. The van der Waals surface area contributed by atoms with E-state index >= 15 is 0 Å². The summed E-state index contributed by atoms with van der Waals surface area (Å²) in [6.07, 6.45) is 0. The van der Waals surface area contributed by atoms with Crippen LogP contribution in [0.1, 0.15) is 24.7 Å². The van der Waals surface area contributed by atoms with Crippen LogP contribution in [0.3, 0.4) is 0 Å². The number of furan rings is 1. The molecule has 1 heterocycles. The third kappa shape index (κ3) is 4.86. The monoisotopic (exact) mass is 666 g/mol. The molecule has 1 nitrogen and oxygen atoms in total. The molecule has 0 aliphatic carbocycles. The second kappa shape index (κ2) is 12.0. The van der Waals surface area contributed by atoms with Crippen molar-refractivity contribution in [3.05, 3.63) is 194 Å². The molecule has 238 valence electrons. The fourth-order valence-electron chi connectivity index (χ4n) is 6.90. The molecule has 0 saturated carbocycles. The first kappa shape index (κ1) is 16.3. The molecule has 10 aromatic rings. The van der Waals surface area contributed by atoms with E-state index in [1.807, 2.05) is 36.4 Å². The molecule has 0 saturated heterocycles. The van der Waals surface area contributed by atoms with Crippen LogP contribution in [-0.2, 0) is 0 Å². The van der Waals surface area contributed by atoms with Gasteiger partial charge in [0.2, 0.25) is 0 Å². The van der Waals surface area contributed by atoms with Crippen LogP contribution in [0.5, 0.6) is 0 Å². The zero-order valence-corrected chi connectivity index (χ0v) is 26.5. The van der Waals surface area contributed by atoms with Crippen molar-refractivity contribution in [1.29, 1.82) is 0 Å². The second-order valence-electron chi connectivity index (χ2n) is 11.8. The summed E-state index contributed by atoms with van der Waals surface area (Å²) in [7, 11) is 0. The average molecular weight is 667 g/mol. The minimum Gasteiger partial charge on any atom is -0.456 e. The van der Waals surface area contributed by atoms with Crippen LogP contribution in [0, 0.1) is 0 Å². The smallest absolute Gasteiger partial charge is 0.136 e. The molecule has 1 heteroatoms. The first-order valence-corrected chi connectivity index (χ1v) is 16.0. The molecule has 10 rings (SSSR count). The quantitative estimate of drug-likeness (QED) is 0.167. The highest BCUT2D eigenvalue weighted by molar-refractivity contribution is 6.26. The Labute approximate surface area is 322 Å². The van der Waals surface area contributed by atoms with Crippen molar-refractivity contribution in [1.82, 2.24) is 0 Å². The first-order valence-electron chi connectivity index (χ1n) is 25.0. The highest BCUT2D eigenvalue weighted by Crippen LogP contribution is 2.48. The lowest BCUT2D eigenvalue weighted by Gasteiger charge is -2.20. The van der Waals surface area contributed by atoms with Crippen LogP contribution in [0.15, 0.2) is 198 Å². The van der Waals surface area contributed by atoms with Gasteiger partial charge in [-0.3, -0.25) is 0 Å². The molecular weight excluding hydrogens is 617 g/mol. The highest BCUT2D eigenvalue weighted by atomic mass is 16.3. The van der Waals surface area contributed by atoms with Gasteiger partial charge in [-0.25, -0.2) is 0 Å². The summed E-state index contributed by atoms with van der Waals surface area (Å²) < 4.78 is 163. The lowest BCUT2D eigenvalue weighted by molar-refractivity contribution is 0.669. The maximum absolute atomic E-state index is 9.51. The molecule has 0 aliphatic heterocycles. The summed E-state index contributed by atoms with van der Waals surface area (Å²) in [5.41, 5.74) is 0.880. The molecule has 9 aromatic carbocycles. The Morgan fingerprint density at radius 2 is 0.843 bits per heavy atom. The molecule has 0 spiro atoms. The van der Waals surface area contributed by atoms with Gasteiger partial charge in [0.05, 0.1) is 24.7 Å². The summed E-state index contributed by atoms with van der Waals surface area (Å²) in [6, 6.07) is 13.6. The number of hydrogen-bond acceptors (Lipinski definition) is 1. The number of hydrogen-bond donors (Lipinski definition) is 0. The average Bonchev–Trinajstić information content (AvgIpc) is 3.73. The van der Waals surface area contributed by atoms with E-state index in [-0.39, 0.29) is 28.8 Å². The number of rotatable bonds is 5. The van der Waals surface area contributed by atoms with E-state index in [2.05, 4.69) is 0 Å². The van der Waals surface area contributed by atoms with Gasteiger partial charge < -0.3 is 4.42 Å². The topological polar surface area (TPSA) is 13.1 Å². The Kier molecular flexibility index (Phi) is 3.85. The zero-order valence-electron chi connectivity index (χ0n) is 44.5. The van der Waals surface area contributed by atoms with Crippen LogP contribution < -0.4 is 0 Å². The Hall–Kier alpha value is -6.70.